The number of aryl methyl sites for hydroxylation is 1. The van der Waals surface area contributed by atoms with Gasteiger partial charge in [-0.05, 0) is 43.4 Å². The number of amides is 1. The lowest BCUT2D eigenvalue weighted by atomic mass is 10.1. The Morgan fingerprint density at radius 1 is 1.19 bits per heavy atom. The number of nitrogens with one attached hydrogen (secondary N) is 1. The molecule has 0 aliphatic rings. The van der Waals surface area contributed by atoms with Crippen molar-refractivity contribution >= 4 is 17.4 Å². The van der Waals surface area contributed by atoms with E-state index in [1.165, 1.54) is 0 Å². The molecular weight excluding hydrogens is 348 g/mol. The SMILES string of the molecule is Cc1nc(-c2ccncc2)ncc1C(C)NC(=O)c1snnc1C(C)C. The molecule has 1 unspecified atom stereocenters. The number of pyridine rings is 1. The van der Waals surface area contributed by atoms with Gasteiger partial charge >= 0.3 is 0 Å². The van der Waals surface area contributed by atoms with E-state index in [1.54, 1.807) is 18.6 Å². The molecule has 0 bridgehead atoms. The molecule has 1 atom stereocenters. The van der Waals surface area contributed by atoms with Crippen LogP contribution < -0.4 is 5.32 Å². The summed E-state index contributed by atoms with van der Waals surface area (Å²) in [7, 11) is 0. The molecule has 0 aromatic carbocycles. The van der Waals surface area contributed by atoms with Crippen LogP contribution >= 0.6 is 11.5 Å². The number of carbonyl (C=O) groups is 1. The Labute approximate surface area is 156 Å². The van der Waals surface area contributed by atoms with Crippen LogP contribution in [0.3, 0.4) is 0 Å². The maximum absolute atomic E-state index is 12.6. The third-order valence-corrected chi connectivity index (χ3v) is 4.78. The summed E-state index contributed by atoms with van der Waals surface area (Å²) in [6.45, 7) is 7.82. The van der Waals surface area contributed by atoms with E-state index in [2.05, 4.69) is 29.9 Å². The third kappa shape index (κ3) is 3.75. The molecule has 0 aliphatic heterocycles. The molecule has 0 saturated carbocycles. The summed E-state index contributed by atoms with van der Waals surface area (Å²) >= 11 is 1.12. The van der Waals surface area contributed by atoms with Crippen molar-refractivity contribution in [3.63, 3.8) is 0 Å². The first-order valence-electron chi connectivity index (χ1n) is 8.34. The monoisotopic (exact) mass is 368 g/mol. The summed E-state index contributed by atoms with van der Waals surface area (Å²) in [6, 6.07) is 3.50. The van der Waals surface area contributed by atoms with Gasteiger partial charge in [-0.3, -0.25) is 9.78 Å². The van der Waals surface area contributed by atoms with Crippen LogP contribution in [0.2, 0.25) is 0 Å². The molecule has 134 valence electrons. The third-order valence-electron chi connectivity index (χ3n) is 4.04. The van der Waals surface area contributed by atoms with E-state index in [0.717, 1.165) is 34.0 Å². The second-order valence-electron chi connectivity index (χ2n) is 6.31. The van der Waals surface area contributed by atoms with Gasteiger partial charge in [-0.2, -0.15) is 0 Å². The van der Waals surface area contributed by atoms with E-state index in [4.69, 9.17) is 0 Å². The fraction of sp³-hybridized carbons (Fsp3) is 0.333. The van der Waals surface area contributed by atoms with Crippen molar-refractivity contribution in [3.05, 3.63) is 52.6 Å². The molecule has 7 nitrogen and oxygen atoms in total. The Balaban J connectivity index is 1.79. The van der Waals surface area contributed by atoms with Gasteiger partial charge in [-0.15, -0.1) is 5.10 Å². The predicted molar refractivity (Wildman–Crippen MR) is 99.9 cm³/mol. The van der Waals surface area contributed by atoms with E-state index in [-0.39, 0.29) is 17.9 Å². The Bertz CT molecular complexity index is 909. The summed E-state index contributed by atoms with van der Waals surface area (Å²) in [5.41, 5.74) is 3.33. The van der Waals surface area contributed by atoms with Crippen LogP contribution in [0, 0.1) is 6.92 Å². The largest absolute Gasteiger partial charge is 0.345 e. The van der Waals surface area contributed by atoms with Gasteiger partial charge in [0, 0.05) is 35.4 Å². The van der Waals surface area contributed by atoms with Gasteiger partial charge in [0.2, 0.25) is 0 Å². The van der Waals surface area contributed by atoms with Crippen LogP contribution in [0.1, 0.15) is 59.4 Å². The van der Waals surface area contributed by atoms with Crippen molar-refractivity contribution in [3.8, 4) is 11.4 Å². The molecule has 3 aromatic heterocycles. The normalized spacial score (nSPS) is 12.2. The zero-order chi connectivity index (χ0) is 18.7. The molecule has 1 amide bonds. The number of carbonyl (C=O) groups excluding carboxylic acids is 1. The molecule has 0 saturated heterocycles. The van der Waals surface area contributed by atoms with Crippen molar-refractivity contribution < 1.29 is 4.79 Å². The highest BCUT2D eigenvalue weighted by atomic mass is 32.1. The number of hydrogen-bond donors (Lipinski definition) is 1. The van der Waals surface area contributed by atoms with Crippen molar-refractivity contribution in [1.29, 1.82) is 0 Å². The summed E-state index contributed by atoms with van der Waals surface area (Å²) in [6.07, 6.45) is 5.18. The van der Waals surface area contributed by atoms with E-state index in [9.17, 15) is 4.79 Å². The van der Waals surface area contributed by atoms with Gasteiger partial charge in [0.1, 0.15) is 4.88 Å². The molecule has 8 heteroatoms. The lowest BCUT2D eigenvalue weighted by molar-refractivity contribution is 0.0942. The maximum Gasteiger partial charge on any atom is 0.265 e. The zero-order valence-corrected chi connectivity index (χ0v) is 15.9. The lowest BCUT2D eigenvalue weighted by Gasteiger charge is -2.16. The molecule has 3 aromatic rings. The molecule has 3 rings (SSSR count). The predicted octanol–water partition coefficient (Wildman–Crippen LogP) is 3.31. The van der Waals surface area contributed by atoms with Gasteiger partial charge < -0.3 is 5.32 Å². The summed E-state index contributed by atoms with van der Waals surface area (Å²) in [4.78, 5) is 26.1. The standard InChI is InChI=1S/C18H20N6OS/c1-10(2)15-16(26-24-23-15)18(25)22-12(4)14-9-20-17(21-11(14)3)13-5-7-19-8-6-13/h5-10,12H,1-4H3,(H,22,25). The Kier molecular flexibility index (Phi) is 5.32. The van der Waals surface area contributed by atoms with Crippen LogP contribution in [-0.4, -0.2) is 30.4 Å². The van der Waals surface area contributed by atoms with Crippen LogP contribution in [0.4, 0.5) is 0 Å². The number of hydrogen-bond acceptors (Lipinski definition) is 7. The van der Waals surface area contributed by atoms with Gasteiger partial charge in [0.25, 0.3) is 5.91 Å². The van der Waals surface area contributed by atoms with Crippen molar-refractivity contribution in [2.45, 2.75) is 39.7 Å². The minimum Gasteiger partial charge on any atom is -0.345 e. The number of rotatable bonds is 5. The van der Waals surface area contributed by atoms with Gasteiger partial charge in [0.15, 0.2) is 5.82 Å². The number of aromatic nitrogens is 5. The minimum absolute atomic E-state index is 0.148. The highest BCUT2D eigenvalue weighted by molar-refractivity contribution is 7.08. The maximum atomic E-state index is 12.6. The molecular formula is C18H20N6OS. The highest BCUT2D eigenvalue weighted by Crippen LogP contribution is 2.23. The van der Waals surface area contributed by atoms with E-state index in [1.807, 2.05) is 39.8 Å². The van der Waals surface area contributed by atoms with Crippen LogP contribution in [0.15, 0.2) is 30.7 Å². The molecule has 0 radical (unpaired) electrons. The average molecular weight is 368 g/mol. The Morgan fingerprint density at radius 2 is 1.92 bits per heavy atom. The summed E-state index contributed by atoms with van der Waals surface area (Å²) in [5, 5.41) is 7.05. The second kappa shape index (κ2) is 7.65. The Hall–Kier alpha value is -2.74. The van der Waals surface area contributed by atoms with Crippen molar-refractivity contribution in [2.24, 2.45) is 0 Å². The first kappa shape index (κ1) is 18.1. The lowest BCUT2D eigenvalue weighted by Crippen LogP contribution is -2.27. The second-order valence-corrected chi connectivity index (χ2v) is 7.06. The van der Waals surface area contributed by atoms with Crippen LogP contribution in [-0.2, 0) is 0 Å². The van der Waals surface area contributed by atoms with Crippen molar-refractivity contribution in [2.75, 3.05) is 0 Å². The van der Waals surface area contributed by atoms with E-state index in [0.29, 0.717) is 10.7 Å². The quantitative estimate of drug-likeness (QED) is 0.742. The molecule has 26 heavy (non-hydrogen) atoms. The van der Waals surface area contributed by atoms with E-state index < -0.39 is 0 Å². The molecule has 0 spiro atoms. The topological polar surface area (TPSA) is 93.6 Å². The van der Waals surface area contributed by atoms with Crippen LogP contribution in [0.5, 0.6) is 0 Å². The van der Waals surface area contributed by atoms with Gasteiger partial charge in [0.05, 0.1) is 11.7 Å². The van der Waals surface area contributed by atoms with Gasteiger partial charge in [-0.25, -0.2) is 9.97 Å². The van der Waals surface area contributed by atoms with Crippen LogP contribution in [0.25, 0.3) is 11.4 Å². The summed E-state index contributed by atoms with van der Waals surface area (Å²) < 4.78 is 3.91. The molecule has 0 aliphatic carbocycles. The molecule has 0 fully saturated rings. The Morgan fingerprint density at radius 3 is 2.58 bits per heavy atom. The summed E-state index contributed by atoms with van der Waals surface area (Å²) in [5.74, 6) is 0.615. The molecule has 3 heterocycles. The average Bonchev–Trinajstić information content (AvgIpc) is 3.12. The van der Waals surface area contributed by atoms with Gasteiger partial charge in [-0.1, -0.05) is 18.3 Å². The smallest absolute Gasteiger partial charge is 0.265 e. The van der Waals surface area contributed by atoms with E-state index >= 15 is 0 Å². The highest BCUT2D eigenvalue weighted by Gasteiger charge is 2.21. The fourth-order valence-corrected chi connectivity index (χ4v) is 3.34. The first-order valence-corrected chi connectivity index (χ1v) is 9.11. The number of nitrogens with zero attached hydrogens (tertiary/aromatic N) is 5. The fourth-order valence-electron chi connectivity index (χ4n) is 2.61. The minimum atomic E-state index is -0.226. The van der Waals surface area contributed by atoms with Crippen molar-refractivity contribution in [1.82, 2.24) is 29.9 Å². The zero-order valence-electron chi connectivity index (χ0n) is 15.1. The first-order chi connectivity index (χ1) is 12.5. The molecule has 1 N–H and O–H groups in total.